The summed E-state index contributed by atoms with van der Waals surface area (Å²) < 4.78 is 0. The van der Waals surface area contributed by atoms with Crippen LogP contribution < -0.4 is 10.2 Å². The second-order valence-electron chi connectivity index (χ2n) is 5.33. The minimum atomic E-state index is 0.493. The summed E-state index contributed by atoms with van der Waals surface area (Å²) in [7, 11) is 4.09. The van der Waals surface area contributed by atoms with Crippen molar-refractivity contribution in [1.82, 2.24) is 14.9 Å². The van der Waals surface area contributed by atoms with E-state index in [1.807, 2.05) is 7.05 Å². The van der Waals surface area contributed by atoms with E-state index in [0.29, 0.717) is 6.04 Å². The molecule has 0 amide bonds. The minimum Gasteiger partial charge on any atom is -0.373 e. The van der Waals surface area contributed by atoms with Crippen molar-refractivity contribution in [3.63, 3.8) is 0 Å². The molecule has 5 nitrogen and oxygen atoms in total. The average Bonchev–Trinajstić information content (AvgIpc) is 2.38. The first-order valence-corrected chi connectivity index (χ1v) is 7.15. The highest BCUT2D eigenvalue weighted by Crippen LogP contribution is 2.21. The Morgan fingerprint density at radius 1 is 1.37 bits per heavy atom. The summed E-state index contributed by atoms with van der Waals surface area (Å²) in [5.74, 6) is 2.92. The fourth-order valence-electron chi connectivity index (χ4n) is 2.57. The van der Waals surface area contributed by atoms with E-state index in [-0.39, 0.29) is 0 Å². The maximum absolute atomic E-state index is 4.73. The summed E-state index contributed by atoms with van der Waals surface area (Å²) >= 11 is 0. The smallest absolute Gasteiger partial charge is 0.134 e. The van der Waals surface area contributed by atoms with E-state index < -0.39 is 0 Å². The molecule has 0 aliphatic carbocycles. The van der Waals surface area contributed by atoms with Crippen LogP contribution >= 0.6 is 0 Å². The van der Waals surface area contributed by atoms with E-state index in [0.717, 1.165) is 49.9 Å². The Morgan fingerprint density at radius 3 is 2.79 bits per heavy atom. The SMILES string of the molecule is CCCc1nc(NC)cc(N2CCN(C)CC2C)n1. The quantitative estimate of drug-likeness (QED) is 0.894. The number of aromatic nitrogens is 2. The minimum absolute atomic E-state index is 0.493. The highest BCUT2D eigenvalue weighted by atomic mass is 15.3. The second-order valence-corrected chi connectivity index (χ2v) is 5.33. The number of hydrogen-bond acceptors (Lipinski definition) is 5. The van der Waals surface area contributed by atoms with Crippen molar-refractivity contribution < 1.29 is 0 Å². The van der Waals surface area contributed by atoms with Crippen LogP contribution in [0.5, 0.6) is 0 Å². The lowest BCUT2D eigenvalue weighted by atomic mass is 10.2. The van der Waals surface area contributed by atoms with Gasteiger partial charge in [0.2, 0.25) is 0 Å². The van der Waals surface area contributed by atoms with Crippen LogP contribution in [0.2, 0.25) is 0 Å². The molecule has 5 heteroatoms. The lowest BCUT2D eigenvalue weighted by Gasteiger charge is -2.39. The van der Waals surface area contributed by atoms with Crippen LogP contribution in [-0.2, 0) is 6.42 Å². The highest BCUT2D eigenvalue weighted by Gasteiger charge is 2.23. The summed E-state index contributed by atoms with van der Waals surface area (Å²) in [5, 5.41) is 3.14. The van der Waals surface area contributed by atoms with E-state index >= 15 is 0 Å². The Labute approximate surface area is 116 Å². The van der Waals surface area contributed by atoms with Gasteiger partial charge >= 0.3 is 0 Å². The number of piperazine rings is 1. The zero-order valence-electron chi connectivity index (χ0n) is 12.5. The largest absolute Gasteiger partial charge is 0.373 e. The van der Waals surface area contributed by atoms with Crippen LogP contribution in [0.25, 0.3) is 0 Å². The molecule has 0 radical (unpaired) electrons. The standard InChI is InChI=1S/C14H25N5/c1-5-6-12-16-13(15-3)9-14(17-12)19-8-7-18(4)10-11(19)2/h9,11H,5-8,10H2,1-4H3,(H,15,16,17). The number of anilines is 2. The third-order valence-electron chi connectivity index (χ3n) is 3.61. The fourth-order valence-corrected chi connectivity index (χ4v) is 2.57. The molecule has 0 aromatic carbocycles. The fraction of sp³-hybridized carbons (Fsp3) is 0.714. The number of nitrogens with one attached hydrogen (secondary N) is 1. The van der Waals surface area contributed by atoms with Gasteiger partial charge < -0.3 is 15.1 Å². The molecular formula is C14H25N5. The van der Waals surface area contributed by atoms with E-state index in [1.165, 1.54) is 0 Å². The normalized spacial score (nSPS) is 20.6. The summed E-state index contributed by atoms with van der Waals surface area (Å²) in [5.41, 5.74) is 0. The molecule has 0 bridgehead atoms. The van der Waals surface area contributed by atoms with Crippen molar-refractivity contribution in [1.29, 1.82) is 0 Å². The van der Waals surface area contributed by atoms with Gasteiger partial charge in [0.15, 0.2) is 0 Å². The Bertz CT molecular complexity index is 420. The molecule has 106 valence electrons. The molecule has 1 fully saturated rings. The van der Waals surface area contributed by atoms with Crippen molar-refractivity contribution in [2.45, 2.75) is 32.7 Å². The van der Waals surface area contributed by atoms with Gasteiger partial charge in [0.25, 0.3) is 0 Å². The van der Waals surface area contributed by atoms with Crippen molar-refractivity contribution in [3.8, 4) is 0 Å². The van der Waals surface area contributed by atoms with Crippen molar-refractivity contribution >= 4 is 11.6 Å². The van der Waals surface area contributed by atoms with Gasteiger partial charge in [0, 0.05) is 45.2 Å². The molecule has 1 atom stereocenters. The highest BCUT2D eigenvalue weighted by molar-refractivity contribution is 5.50. The molecule has 2 heterocycles. The van der Waals surface area contributed by atoms with Crippen molar-refractivity contribution in [3.05, 3.63) is 11.9 Å². The van der Waals surface area contributed by atoms with E-state index in [4.69, 9.17) is 4.98 Å². The van der Waals surface area contributed by atoms with Gasteiger partial charge in [-0.3, -0.25) is 0 Å². The lowest BCUT2D eigenvalue weighted by Crippen LogP contribution is -2.50. The zero-order valence-corrected chi connectivity index (χ0v) is 12.5. The topological polar surface area (TPSA) is 44.3 Å². The lowest BCUT2D eigenvalue weighted by molar-refractivity contribution is 0.274. The van der Waals surface area contributed by atoms with Crippen molar-refractivity contribution in [2.75, 3.05) is 43.9 Å². The van der Waals surface area contributed by atoms with Gasteiger partial charge in [-0.2, -0.15) is 0 Å². The number of nitrogens with zero attached hydrogens (tertiary/aromatic N) is 4. The number of likely N-dealkylation sites (N-methyl/N-ethyl adjacent to an activating group) is 1. The summed E-state index contributed by atoms with van der Waals surface area (Å²) in [6.07, 6.45) is 2.01. The predicted molar refractivity (Wildman–Crippen MR) is 79.9 cm³/mol. The molecule has 1 unspecified atom stereocenters. The van der Waals surface area contributed by atoms with E-state index in [9.17, 15) is 0 Å². The Morgan fingerprint density at radius 2 is 2.16 bits per heavy atom. The predicted octanol–water partition coefficient (Wildman–Crippen LogP) is 1.61. The van der Waals surface area contributed by atoms with Crippen LogP contribution in [0, 0.1) is 0 Å². The molecule has 1 N–H and O–H groups in total. The van der Waals surface area contributed by atoms with Gasteiger partial charge in [0.05, 0.1) is 0 Å². The van der Waals surface area contributed by atoms with Crippen LogP contribution in [0.3, 0.4) is 0 Å². The van der Waals surface area contributed by atoms with Gasteiger partial charge in [-0.25, -0.2) is 9.97 Å². The number of aryl methyl sites for hydroxylation is 1. The van der Waals surface area contributed by atoms with Crippen molar-refractivity contribution in [2.24, 2.45) is 0 Å². The monoisotopic (exact) mass is 263 g/mol. The first-order chi connectivity index (χ1) is 9.13. The molecule has 1 aromatic rings. The third kappa shape index (κ3) is 3.35. The van der Waals surface area contributed by atoms with Gasteiger partial charge in [-0.05, 0) is 20.4 Å². The summed E-state index contributed by atoms with van der Waals surface area (Å²) in [6.45, 7) is 7.63. The number of hydrogen-bond donors (Lipinski definition) is 1. The Balaban J connectivity index is 2.25. The molecule has 1 saturated heterocycles. The molecule has 1 aromatic heterocycles. The first-order valence-electron chi connectivity index (χ1n) is 7.15. The second kappa shape index (κ2) is 6.19. The van der Waals surface area contributed by atoms with E-state index in [1.54, 1.807) is 0 Å². The number of rotatable bonds is 4. The first kappa shape index (κ1) is 14.1. The summed E-state index contributed by atoms with van der Waals surface area (Å²) in [6, 6.07) is 2.55. The molecule has 0 spiro atoms. The third-order valence-corrected chi connectivity index (χ3v) is 3.61. The van der Waals surface area contributed by atoms with Gasteiger partial charge in [-0.1, -0.05) is 6.92 Å². The molecular weight excluding hydrogens is 238 g/mol. The average molecular weight is 263 g/mol. The summed E-state index contributed by atoms with van der Waals surface area (Å²) in [4.78, 5) is 14.0. The Kier molecular flexibility index (Phi) is 4.58. The maximum atomic E-state index is 4.73. The van der Waals surface area contributed by atoms with Gasteiger partial charge in [-0.15, -0.1) is 0 Å². The molecule has 0 saturated carbocycles. The van der Waals surface area contributed by atoms with E-state index in [2.05, 4.69) is 47.1 Å². The molecule has 1 aliphatic rings. The molecule has 19 heavy (non-hydrogen) atoms. The molecule has 1 aliphatic heterocycles. The zero-order chi connectivity index (χ0) is 13.8. The van der Waals surface area contributed by atoms with Gasteiger partial charge in [0.1, 0.15) is 17.5 Å². The molecule has 2 rings (SSSR count). The maximum Gasteiger partial charge on any atom is 0.134 e. The van der Waals surface area contributed by atoms with Crippen LogP contribution in [-0.4, -0.2) is 54.6 Å². The van der Waals surface area contributed by atoms with Crippen LogP contribution in [0.4, 0.5) is 11.6 Å². The Hall–Kier alpha value is -1.36. The van der Waals surface area contributed by atoms with Crippen LogP contribution in [0.1, 0.15) is 26.1 Å². The van der Waals surface area contributed by atoms with Crippen LogP contribution in [0.15, 0.2) is 6.07 Å².